The maximum absolute atomic E-state index is 14.8. The van der Waals surface area contributed by atoms with Gasteiger partial charge < -0.3 is 5.73 Å². The first-order valence-electron chi connectivity index (χ1n) is 6.63. The van der Waals surface area contributed by atoms with Gasteiger partial charge in [0.2, 0.25) is 0 Å². The number of alkyl halides is 1. The molecule has 2 aromatic rings. The molecule has 0 saturated carbocycles. The summed E-state index contributed by atoms with van der Waals surface area (Å²) in [5.74, 6) is -0.139. The summed E-state index contributed by atoms with van der Waals surface area (Å²) in [4.78, 5) is 0. The van der Waals surface area contributed by atoms with Crippen LogP contribution in [-0.4, -0.2) is 6.54 Å². The minimum Gasteiger partial charge on any atom is -0.327 e. The molecule has 100 valence electrons. The molecule has 2 N–H and O–H groups in total. The lowest BCUT2D eigenvalue weighted by molar-refractivity contribution is 0.109. The predicted octanol–water partition coefficient (Wildman–Crippen LogP) is 4.13. The van der Waals surface area contributed by atoms with Gasteiger partial charge in [-0.3, -0.25) is 0 Å². The van der Waals surface area contributed by atoms with Crippen LogP contribution in [0.2, 0.25) is 0 Å². The Morgan fingerprint density at radius 1 is 0.947 bits per heavy atom. The third kappa shape index (κ3) is 2.69. The van der Waals surface area contributed by atoms with Crippen molar-refractivity contribution in [1.82, 2.24) is 0 Å². The molecule has 2 heteroatoms. The number of hydrogen-bond donors (Lipinski definition) is 1. The second-order valence-electron chi connectivity index (χ2n) is 5.16. The maximum atomic E-state index is 14.8. The number of nitrogens with two attached hydrogens (primary N) is 1. The van der Waals surface area contributed by atoms with Crippen LogP contribution in [0.4, 0.5) is 4.39 Å². The van der Waals surface area contributed by atoms with E-state index in [9.17, 15) is 4.39 Å². The van der Waals surface area contributed by atoms with E-state index in [0.717, 1.165) is 11.1 Å². The normalized spacial score (nSPS) is 14.4. The van der Waals surface area contributed by atoms with Gasteiger partial charge in [-0.1, -0.05) is 68.4 Å². The Morgan fingerprint density at radius 3 is 1.95 bits per heavy atom. The van der Waals surface area contributed by atoms with Crippen molar-refractivity contribution >= 4 is 0 Å². The molecule has 0 bridgehead atoms. The molecular weight excluding hydrogens is 237 g/mol. The first-order valence-corrected chi connectivity index (χ1v) is 6.63. The summed E-state index contributed by atoms with van der Waals surface area (Å²) in [7, 11) is 0. The van der Waals surface area contributed by atoms with Crippen molar-refractivity contribution in [3.8, 4) is 11.1 Å². The van der Waals surface area contributed by atoms with Gasteiger partial charge in [0, 0.05) is 6.54 Å². The molecule has 0 spiro atoms. The molecule has 1 atom stereocenters. The number of benzene rings is 2. The topological polar surface area (TPSA) is 26.0 Å². The highest BCUT2D eigenvalue weighted by Gasteiger charge is 2.34. The fraction of sp³-hybridized carbons (Fsp3) is 0.294. The van der Waals surface area contributed by atoms with Gasteiger partial charge in [0.1, 0.15) is 5.67 Å². The molecule has 19 heavy (non-hydrogen) atoms. The average Bonchev–Trinajstić information content (AvgIpc) is 2.47. The van der Waals surface area contributed by atoms with Crippen molar-refractivity contribution in [3.05, 3.63) is 60.2 Å². The lowest BCUT2D eigenvalue weighted by Crippen LogP contribution is -2.35. The third-order valence-corrected chi connectivity index (χ3v) is 3.68. The van der Waals surface area contributed by atoms with Crippen LogP contribution in [0, 0.1) is 5.92 Å². The van der Waals surface area contributed by atoms with Crippen molar-refractivity contribution in [2.75, 3.05) is 6.54 Å². The molecule has 0 aromatic heterocycles. The summed E-state index contributed by atoms with van der Waals surface area (Å²) in [6.45, 7) is 3.73. The molecule has 0 aliphatic rings. The molecule has 0 aliphatic carbocycles. The highest BCUT2D eigenvalue weighted by Crippen LogP contribution is 2.34. The molecule has 0 fully saturated rings. The van der Waals surface area contributed by atoms with Crippen molar-refractivity contribution in [3.63, 3.8) is 0 Å². The van der Waals surface area contributed by atoms with Crippen LogP contribution >= 0.6 is 0 Å². The second kappa shape index (κ2) is 5.54. The summed E-state index contributed by atoms with van der Waals surface area (Å²) in [5, 5.41) is 0. The number of hydrogen-bond acceptors (Lipinski definition) is 1. The van der Waals surface area contributed by atoms with Crippen molar-refractivity contribution in [2.24, 2.45) is 11.7 Å². The van der Waals surface area contributed by atoms with E-state index in [0.29, 0.717) is 5.56 Å². The highest BCUT2D eigenvalue weighted by atomic mass is 19.1. The maximum Gasteiger partial charge on any atom is 0.150 e. The highest BCUT2D eigenvalue weighted by molar-refractivity contribution is 5.63. The minimum absolute atomic E-state index is 0.00928. The van der Waals surface area contributed by atoms with E-state index in [1.54, 1.807) is 0 Å². The van der Waals surface area contributed by atoms with Crippen LogP contribution in [0.5, 0.6) is 0 Å². The van der Waals surface area contributed by atoms with E-state index < -0.39 is 5.67 Å². The summed E-state index contributed by atoms with van der Waals surface area (Å²) in [6.07, 6.45) is 0. The number of halogens is 1. The Balaban J connectivity index is 2.33. The van der Waals surface area contributed by atoms with E-state index in [1.807, 2.05) is 68.4 Å². The first kappa shape index (κ1) is 13.8. The van der Waals surface area contributed by atoms with Crippen LogP contribution in [-0.2, 0) is 5.67 Å². The van der Waals surface area contributed by atoms with Gasteiger partial charge in [-0.2, -0.15) is 0 Å². The Hall–Kier alpha value is -1.67. The van der Waals surface area contributed by atoms with Gasteiger partial charge in [-0.05, 0) is 22.6 Å². The molecular formula is C17H20FN. The van der Waals surface area contributed by atoms with E-state index >= 15 is 0 Å². The Morgan fingerprint density at radius 2 is 1.47 bits per heavy atom. The van der Waals surface area contributed by atoms with Gasteiger partial charge in [0.05, 0.1) is 0 Å². The van der Waals surface area contributed by atoms with Crippen molar-refractivity contribution in [1.29, 1.82) is 0 Å². The molecule has 0 heterocycles. The van der Waals surface area contributed by atoms with Gasteiger partial charge >= 0.3 is 0 Å². The van der Waals surface area contributed by atoms with Gasteiger partial charge in [-0.15, -0.1) is 0 Å². The van der Waals surface area contributed by atoms with E-state index in [4.69, 9.17) is 5.73 Å². The summed E-state index contributed by atoms with van der Waals surface area (Å²) in [6, 6.07) is 17.7. The molecule has 0 amide bonds. The van der Waals surface area contributed by atoms with Crippen LogP contribution in [0.25, 0.3) is 11.1 Å². The van der Waals surface area contributed by atoms with Crippen LogP contribution in [0.15, 0.2) is 54.6 Å². The minimum atomic E-state index is -1.45. The summed E-state index contributed by atoms with van der Waals surface area (Å²) in [5.41, 5.74) is 7.05. The smallest absolute Gasteiger partial charge is 0.150 e. The summed E-state index contributed by atoms with van der Waals surface area (Å²) < 4.78 is 14.8. The van der Waals surface area contributed by atoms with Crippen molar-refractivity contribution < 1.29 is 4.39 Å². The zero-order valence-corrected chi connectivity index (χ0v) is 11.4. The zero-order chi connectivity index (χ0) is 13.9. The van der Waals surface area contributed by atoms with Gasteiger partial charge in [0.25, 0.3) is 0 Å². The van der Waals surface area contributed by atoms with E-state index in [-0.39, 0.29) is 12.5 Å². The lowest BCUT2D eigenvalue weighted by atomic mass is 9.84. The molecule has 1 unspecified atom stereocenters. The van der Waals surface area contributed by atoms with Gasteiger partial charge in [-0.25, -0.2) is 4.39 Å². The standard InChI is InChI=1S/C17H20FN/c1-13(2)17(18,12-19)16-10-8-15(9-11-16)14-6-4-3-5-7-14/h3-11,13H,12,19H2,1-2H3. The van der Waals surface area contributed by atoms with Crippen LogP contribution < -0.4 is 5.73 Å². The van der Waals surface area contributed by atoms with Crippen LogP contribution in [0.3, 0.4) is 0 Å². The molecule has 2 rings (SSSR count). The summed E-state index contributed by atoms with van der Waals surface area (Å²) >= 11 is 0. The Labute approximate surface area is 114 Å². The average molecular weight is 257 g/mol. The predicted molar refractivity (Wildman–Crippen MR) is 78.6 cm³/mol. The Kier molecular flexibility index (Phi) is 4.01. The quantitative estimate of drug-likeness (QED) is 0.875. The molecule has 0 aliphatic heterocycles. The monoisotopic (exact) mass is 257 g/mol. The largest absolute Gasteiger partial charge is 0.327 e. The first-order chi connectivity index (χ1) is 9.08. The van der Waals surface area contributed by atoms with Crippen molar-refractivity contribution in [2.45, 2.75) is 19.5 Å². The Bertz CT molecular complexity index is 519. The van der Waals surface area contributed by atoms with Crippen LogP contribution in [0.1, 0.15) is 19.4 Å². The van der Waals surface area contributed by atoms with Gasteiger partial charge in [0.15, 0.2) is 0 Å². The SMILES string of the molecule is CC(C)C(F)(CN)c1ccc(-c2ccccc2)cc1. The molecule has 2 aromatic carbocycles. The lowest BCUT2D eigenvalue weighted by Gasteiger charge is -2.28. The molecule has 0 saturated heterocycles. The van der Waals surface area contributed by atoms with E-state index in [2.05, 4.69) is 0 Å². The fourth-order valence-electron chi connectivity index (χ4n) is 2.26. The van der Waals surface area contributed by atoms with E-state index in [1.165, 1.54) is 0 Å². The fourth-order valence-corrected chi connectivity index (χ4v) is 2.26. The molecule has 1 nitrogen and oxygen atoms in total. The third-order valence-electron chi connectivity index (χ3n) is 3.68. The number of rotatable bonds is 4. The molecule has 0 radical (unpaired) electrons. The zero-order valence-electron chi connectivity index (χ0n) is 11.4. The second-order valence-corrected chi connectivity index (χ2v) is 5.16.